The molecule has 2 aromatic heterocycles. The number of aryl methyl sites for hydroxylation is 2. The lowest BCUT2D eigenvalue weighted by Gasteiger charge is -2.37. The minimum atomic E-state index is 0.0653. The van der Waals surface area contributed by atoms with Gasteiger partial charge in [-0.2, -0.15) is 0 Å². The molecular formula is C20H28N4O2. The van der Waals surface area contributed by atoms with Gasteiger partial charge in [0.1, 0.15) is 17.9 Å². The lowest BCUT2D eigenvalue weighted by Crippen LogP contribution is -2.47. The topological polar surface area (TPSA) is 62.5 Å². The summed E-state index contributed by atoms with van der Waals surface area (Å²) in [5.41, 5.74) is 1.73. The predicted octanol–water partition coefficient (Wildman–Crippen LogP) is 3.31. The van der Waals surface area contributed by atoms with Crippen molar-refractivity contribution in [3.63, 3.8) is 0 Å². The minimum absolute atomic E-state index is 0.0653. The van der Waals surface area contributed by atoms with Crippen LogP contribution >= 0.6 is 0 Å². The maximum absolute atomic E-state index is 13.0. The van der Waals surface area contributed by atoms with Gasteiger partial charge >= 0.3 is 0 Å². The second kappa shape index (κ2) is 6.89. The average Bonchev–Trinajstić information content (AvgIpc) is 2.96. The van der Waals surface area contributed by atoms with Crippen LogP contribution in [0, 0.1) is 25.7 Å². The van der Waals surface area contributed by atoms with Crippen LogP contribution in [0.1, 0.15) is 43.9 Å². The lowest BCUT2D eigenvalue weighted by molar-refractivity contribution is -0.137. The van der Waals surface area contributed by atoms with Crippen molar-refractivity contribution in [2.24, 2.45) is 11.8 Å². The normalized spacial score (nSPS) is 22.2. The van der Waals surface area contributed by atoms with Crippen LogP contribution in [0.25, 0.3) is 11.1 Å². The van der Waals surface area contributed by atoms with Gasteiger partial charge < -0.3 is 14.2 Å². The van der Waals surface area contributed by atoms with E-state index >= 15 is 0 Å². The number of furan rings is 1. The molecule has 0 spiro atoms. The van der Waals surface area contributed by atoms with Crippen LogP contribution in [0.2, 0.25) is 0 Å². The Morgan fingerprint density at radius 3 is 2.69 bits per heavy atom. The summed E-state index contributed by atoms with van der Waals surface area (Å²) in [4.78, 5) is 26.2. The SMILES string of the molecule is Cc1oc2ncnc(N3CCCC(C(=O)N4CCC(C)CC4)C3)c2c1C. The Morgan fingerprint density at radius 2 is 1.92 bits per heavy atom. The first-order chi connectivity index (χ1) is 12.5. The van der Waals surface area contributed by atoms with Crippen molar-refractivity contribution in [2.75, 3.05) is 31.1 Å². The molecule has 1 unspecified atom stereocenters. The van der Waals surface area contributed by atoms with Gasteiger partial charge in [0.25, 0.3) is 0 Å². The van der Waals surface area contributed by atoms with Crippen LogP contribution in [-0.4, -0.2) is 47.0 Å². The molecule has 4 rings (SSSR count). The van der Waals surface area contributed by atoms with E-state index in [1.54, 1.807) is 6.33 Å². The molecule has 1 atom stereocenters. The Labute approximate surface area is 154 Å². The third-order valence-electron chi connectivity index (χ3n) is 6.11. The molecule has 0 saturated carbocycles. The van der Waals surface area contributed by atoms with E-state index in [1.807, 2.05) is 6.92 Å². The van der Waals surface area contributed by atoms with Crippen molar-refractivity contribution in [3.8, 4) is 0 Å². The zero-order chi connectivity index (χ0) is 18.3. The molecule has 2 fully saturated rings. The van der Waals surface area contributed by atoms with Crippen LogP contribution in [0.15, 0.2) is 10.7 Å². The van der Waals surface area contributed by atoms with Crippen molar-refractivity contribution in [1.82, 2.24) is 14.9 Å². The molecule has 6 heteroatoms. The molecule has 0 aromatic carbocycles. The monoisotopic (exact) mass is 356 g/mol. The summed E-state index contributed by atoms with van der Waals surface area (Å²) < 4.78 is 5.76. The van der Waals surface area contributed by atoms with Crippen molar-refractivity contribution in [3.05, 3.63) is 17.7 Å². The standard InChI is InChI=1S/C20H28N4O2/c1-13-6-9-23(10-7-13)20(25)16-5-4-8-24(11-16)18-17-14(2)15(3)26-19(17)22-12-21-18/h12-13,16H,4-11H2,1-3H3. The quantitative estimate of drug-likeness (QED) is 0.826. The molecule has 0 aliphatic carbocycles. The smallest absolute Gasteiger partial charge is 0.231 e. The van der Waals surface area contributed by atoms with Crippen molar-refractivity contribution in [2.45, 2.75) is 46.5 Å². The summed E-state index contributed by atoms with van der Waals surface area (Å²) in [7, 11) is 0. The molecule has 0 bridgehead atoms. The van der Waals surface area contributed by atoms with E-state index < -0.39 is 0 Å². The van der Waals surface area contributed by atoms with E-state index in [-0.39, 0.29) is 5.92 Å². The van der Waals surface area contributed by atoms with Gasteiger partial charge in [0.05, 0.1) is 11.3 Å². The van der Waals surface area contributed by atoms with Crippen LogP contribution in [-0.2, 0) is 4.79 Å². The fourth-order valence-corrected chi connectivity index (χ4v) is 4.26. The second-order valence-electron chi connectivity index (χ2n) is 7.95. The Morgan fingerprint density at radius 1 is 1.15 bits per heavy atom. The molecule has 0 radical (unpaired) electrons. The molecule has 140 valence electrons. The fourth-order valence-electron chi connectivity index (χ4n) is 4.26. The van der Waals surface area contributed by atoms with Gasteiger partial charge in [-0.05, 0) is 45.4 Å². The molecule has 26 heavy (non-hydrogen) atoms. The highest BCUT2D eigenvalue weighted by Gasteiger charge is 2.32. The maximum atomic E-state index is 13.0. The summed E-state index contributed by atoms with van der Waals surface area (Å²) in [6, 6.07) is 0. The largest absolute Gasteiger partial charge is 0.443 e. The van der Waals surface area contributed by atoms with Crippen molar-refractivity contribution >= 4 is 22.8 Å². The molecule has 6 nitrogen and oxygen atoms in total. The van der Waals surface area contributed by atoms with Crippen molar-refractivity contribution in [1.29, 1.82) is 0 Å². The molecule has 1 amide bonds. The number of fused-ring (bicyclic) bond motifs is 1. The first-order valence-electron chi connectivity index (χ1n) is 9.79. The number of aromatic nitrogens is 2. The summed E-state index contributed by atoms with van der Waals surface area (Å²) in [5, 5.41) is 0.991. The number of rotatable bonds is 2. The number of hydrogen-bond donors (Lipinski definition) is 0. The maximum Gasteiger partial charge on any atom is 0.231 e. The van der Waals surface area contributed by atoms with E-state index in [2.05, 4.69) is 33.6 Å². The van der Waals surface area contributed by atoms with E-state index in [0.717, 1.165) is 80.3 Å². The zero-order valence-corrected chi connectivity index (χ0v) is 16.0. The molecule has 2 saturated heterocycles. The van der Waals surface area contributed by atoms with E-state index in [4.69, 9.17) is 4.42 Å². The predicted molar refractivity (Wildman–Crippen MR) is 101 cm³/mol. The van der Waals surface area contributed by atoms with E-state index in [0.29, 0.717) is 11.6 Å². The molecule has 2 aliphatic heterocycles. The highest BCUT2D eigenvalue weighted by atomic mass is 16.3. The third-order valence-corrected chi connectivity index (χ3v) is 6.11. The Hall–Kier alpha value is -2.11. The van der Waals surface area contributed by atoms with Crippen LogP contribution in [0.5, 0.6) is 0 Å². The Balaban J connectivity index is 1.55. The van der Waals surface area contributed by atoms with Crippen LogP contribution < -0.4 is 4.90 Å². The highest BCUT2D eigenvalue weighted by molar-refractivity contribution is 5.90. The number of nitrogens with zero attached hydrogens (tertiary/aromatic N) is 4. The van der Waals surface area contributed by atoms with Gasteiger partial charge in [0.15, 0.2) is 0 Å². The van der Waals surface area contributed by atoms with Gasteiger partial charge in [0.2, 0.25) is 11.6 Å². The zero-order valence-electron chi connectivity index (χ0n) is 16.0. The molecule has 4 heterocycles. The number of anilines is 1. The van der Waals surface area contributed by atoms with Crippen LogP contribution in [0.3, 0.4) is 0 Å². The second-order valence-corrected chi connectivity index (χ2v) is 7.95. The number of carbonyl (C=O) groups excluding carboxylic acids is 1. The van der Waals surface area contributed by atoms with Crippen molar-refractivity contribution < 1.29 is 9.21 Å². The minimum Gasteiger partial charge on any atom is -0.443 e. The number of amides is 1. The first-order valence-corrected chi connectivity index (χ1v) is 9.79. The number of likely N-dealkylation sites (tertiary alicyclic amines) is 1. The average molecular weight is 356 g/mol. The van der Waals surface area contributed by atoms with Gasteiger partial charge in [0, 0.05) is 31.7 Å². The fraction of sp³-hybridized carbons (Fsp3) is 0.650. The third kappa shape index (κ3) is 3.06. The van der Waals surface area contributed by atoms with Gasteiger partial charge in [-0.25, -0.2) is 9.97 Å². The Kier molecular flexibility index (Phi) is 4.59. The number of carbonyl (C=O) groups is 1. The Bertz CT molecular complexity index is 807. The van der Waals surface area contributed by atoms with Gasteiger partial charge in [-0.3, -0.25) is 4.79 Å². The van der Waals surface area contributed by atoms with Gasteiger partial charge in [-0.1, -0.05) is 6.92 Å². The van der Waals surface area contributed by atoms with Crippen LogP contribution in [0.4, 0.5) is 5.82 Å². The van der Waals surface area contributed by atoms with E-state index in [1.165, 1.54) is 0 Å². The lowest BCUT2D eigenvalue weighted by atomic mass is 9.93. The molecule has 2 aromatic rings. The number of piperidine rings is 2. The van der Waals surface area contributed by atoms with Gasteiger partial charge in [-0.15, -0.1) is 0 Å². The first kappa shape index (κ1) is 17.3. The summed E-state index contributed by atoms with van der Waals surface area (Å²) >= 11 is 0. The summed E-state index contributed by atoms with van der Waals surface area (Å²) in [6.45, 7) is 9.77. The molecule has 0 N–H and O–H groups in total. The summed E-state index contributed by atoms with van der Waals surface area (Å²) in [5.74, 6) is 2.92. The van der Waals surface area contributed by atoms with E-state index in [9.17, 15) is 4.79 Å². The molecule has 2 aliphatic rings. The highest BCUT2D eigenvalue weighted by Crippen LogP contribution is 2.33. The number of hydrogen-bond acceptors (Lipinski definition) is 5. The molecular weight excluding hydrogens is 328 g/mol. The summed E-state index contributed by atoms with van der Waals surface area (Å²) in [6.07, 6.45) is 5.81.